The van der Waals surface area contributed by atoms with Crippen molar-refractivity contribution >= 4 is 29.9 Å². The lowest BCUT2D eigenvalue weighted by Gasteiger charge is -2.13. The Morgan fingerprint density at radius 3 is 2.71 bits per heavy atom. The van der Waals surface area contributed by atoms with Crippen LogP contribution in [0.4, 0.5) is 4.39 Å². The van der Waals surface area contributed by atoms with Crippen LogP contribution in [0.5, 0.6) is 0 Å². The van der Waals surface area contributed by atoms with Gasteiger partial charge in [0, 0.05) is 13.6 Å². The van der Waals surface area contributed by atoms with Crippen LogP contribution in [-0.4, -0.2) is 19.5 Å². The Hall–Kier alpha value is -0.840. The first-order chi connectivity index (χ1) is 7.58. The molecule has 0 aliphatic carbocycles. The summed E-state index contributed by atoms with van der Waals surface area (Å²) in [4.78, 5) is 11.4. The van der Waals surface area contributed by atoms with E-state index in [1.807, 2.05) is 0 Å². The van der Waals surface area contributed by atoms with Crippen molar-refractivity contribution < 1.29 is 9.18 Å². The SMILES string of the molecule is CNC(=O)C(CN)Cc1ccc(F)c(Cl)c1.Cl. The number of carbonyl (C=O) groups is 1. The molecule has 0 aromatic heterocycles. The highest BCUT2D eigenvalue weighted by Gasteiger charge is 2.16. The lowest BCUT2D eigenvalue weighted by atomic mass is 9.98. The Bertz CT molecular complexity index is 388. The third kappa shape index (κ3) is 4.50. The van der Waals surface area contributed by atoms with Crippen LogP contribution < -0.4 is 11.1 Å². The van der Waals surface area contributed by atoms with Crippen molar-refractivity contribution in [3.63, 3.8) is 0 Å². The van der Waals surface area contributed by atoms with Gasteiger partial charge in [0.05, 0.1) is 10.9 Å². The fourth-order valence-corrected chi connectivity index (χ4v) is 1.64. The average molecular weight is 281 g/mol. The molecule has 1 unspecified atom stereocenters. The molecule has 6 heteroatoms. The molecule has 1 rings (SSSR count). The van der Waals surface area contributed by atoms with E-state index in [-0.39, 0.29) is 35.8 Å². The molecule has 96 valence electrons. The molecule has 0 spiro atoms. The molecule has 17 heavy (non-hydrogen) atoms. The number of carbonyl (C=O) groups excluding carboxylic acids is 1. The Kier molecular flexibility index (Phi) is 7.11. The van der Waals surface area contributed by atoms with E-state index in [4.69, 9.17) is 17.3 Å². The second-order valence-electron chi connectivity index (χ2n) is 3.50. The van der Waals surface area contributed by atoms with E-state index in [2.05, 4.69) is 5.32 Å². The normalized spacial score (nSPS) is 11.5. The van der Waals surface area contributed by atoms with Gasteiger partial charge < -0.3 is 11.1 Å². The van der Waals surface area contributed by atoms with Crippen LogP contribution in [-0.2, 0) is 11.2 Å². The van der Waals surface area contributed by atoms with Crippen molar-refractivity contribution in [3.8, 4) is 0 Å². The van der Waals surface area contributed by atoms with Crippen LogP contribution in [0.15, 0.2) is 18.2 Å². The van der Waals surface area contributed by atoms with Crippen LogP contribution >= 0.6 is 24.0 Å². The first-order valence-corrected chi connectivity index (χ1v) is 5.32. The quantitative estimate of drug-likeness (QED) is 0.883. The Morgan fingerprint density at radius 2 is 2.24 bits per heavy atom. The van der Waals surface area contributed by atoms with Gasteiger partial charge in [0.25, 0.3) is 0 Å². The summed E-state index contributed by atoms with van der Waals surface area (Å²) in [5.74, 6) is -0.899. The zero-order valence-electron chi connectivity index (χ0n) is 9.37. The molecule has 0 heterocycles. The van der Waals surface area contributed by atoms with E-state index < -0.39 is 5.82 Å². The first kappa shape index (κ1) is 16.2. The van der Waals surface area contributed by atoms with Crippen LogP contribution in [0.2, 0.25) is 5.02 Å². The largest absolute Gasteiger partial charge is 0.359 e. The van der Waals surface area contributed by atoms with Crippen molar-refractivity contribution in [3.05, 3.63) is 34.6 Å². The highest BCUT2D eigenvalue weighted by atomic mass is 35.5. The van der Waals surface area contributed by atoms with E-state index in [1.54, 1.807) is 13.1 Å². The van der Waals surface area contributed by atoms with Gasteiger partial charge in [-0.25, -0.2) is 4.39 Å². The third-order valence-electron chi connectivity index (χ3n) is 2.37. The van der Waals surface area contributed by atoms with Crippen LogP contribution in [0.1, 0.15) is 5.56 Å². The van der Waals surface area contributed by atoms with E-state index in [9.17, 15) is 9.18 Å². The molecule has 1 aromatic carbocycles. The maximum absolute atomic E-state index is 12.9. The fraction of sp³-hybridized carbons (Fsp3) is 0.364. The summed E-state index contributed by atoms with van der Waals surface area (Å²) in [5, 5.41) is 2.60. The summed E-state index contributed by atoms with van der Waals surface area (Å²) in [6.07, 6.45) is 0.455. The molecule has 1 amide bonds. The number of halogens is 3. The standard InChI is InChI=1S/C11H14ClFN2O.ClH/c1-15-11(16)8(6-14)4-7-2-3-10(13)9(12)5-7;/h2-3,5,8H,4,6,14H2,1H3,(H,15,16);1H. The molecule has 0 radical (unpaired) electrons. The summed E-state index contributed by atoms with van der Waals surface area (Å²) >= 11 is 5.65. The minimum absolute atomic E-state index is 0. The van der Waals surface area contributed by atoms with Gasteiger partial charge in [-0.05, 0) is 24.1 Å². The smallest absolute Gasteiger partial charge is 0.224 e. The average Bonchev–Trinajstić information content (AvgIpc) is 2.29. The summed E-state index contributed by atoms with van der Waals surface area (Å²) < 4.78 is 12.9. The van der Waals surface area contributed by atoms with Gasteiger partial charge in [-0.1, -0.05) is 17.7 Å². The number of hydrogen-bond donors (Lipinski definition) is 2. The number of nitrogens with two attached hydrogens (primary N) is 1. The molecule has 0 fully saturated rings. The van der Waals surface area contributed by atoms with Crippen LogP contribution in [0.3, 0.4) is 0 Å². The minimum atomic E-state index is -0.463. The number of benzene rings is 1. The van der Waals surface area contributed by atoms with Crippen molar-refractivity contribution in [2.24, 2.45) is 11.7 Å². The van der Waals surface area contributed by atoms with Gasteiger partial charge in [0.2, 0.25) is 5.91 Å². The van der Waals surface area contributed by atoms with Crippen LogP contribution in [0, 0.1) is 11.7 Å². The van der Waals surface area contributed by atoms with E-state index >= 15 is 0 Å². The lowest BCUT2D eigenvalue weighted by molar-refractivity contribution is -0.124. The molecule has 3 nitrogen and oxygen atoms in total. The second-order valence-corrected chi connectivity index (χ2v) is 3.91. The Labute approximate surface area is 111 Å². The van der Waals surface area contributed by atoms with Crippen molar-refractivity contribution in [1.29, 1.82) is 0 Å². The van der Waals surface area contributed by atoms with Crippen LogP contribution in [0.25, 0.3) is 0 Å². The van der Waals surface area contributed by atoms with Gasteiger partial charge in [-0.2, -0.15) is 0 Å². The van der Waals surface area contributed by atoms with Gasteiger partial charge in [-0.3, -0.25) is 4.79 Å². The fourth-order valence-electron chi connectivity index (χ4n) is 1.44. The molecule has 0 bridgehead atoms. The number of hydrogen-bond acceptors (Lipinski definition) is 2. The topological polar surface area (TPSA) is 55.1 Å². The van der Waals surface area contributed by atoms with E-state index in [1.165, 1.54) is 12.1 Å². The lowest BCUT2D eigenvalue weighted by Crippen LogP contribution is -2.34. The predicted octanol–water partition coefficient (Wildman–Crippen LogP) is 1.76. The zero-order chi connectivity index (χ0) is 12.1. The van der Waals surface area contributed by atoms with Gasteiger partial charge >= 0.3 is 0 Å². The minimum Gasteiger partial charge on any atom is -0.359 e. The summed E-state index contributed by atoms with van der Waals surface area (Å²) in [6.45, 7) is 0.245. The predicted molar refractivity (Wildman–Crippen MR) is 69.0 cm³/mol. The summed E-state index contributed by atoms with van der Waals surface area (Å²) in [7, 11) is 1.56. The Morgan fingerprint density at radius 1 is 1.59 bits per heavy atom. The molecule has 0 aliphatic heterocycles. The molecule has 0 aliphatic rings. The molecule has 1 atom stereocenters. The number of rotatable bonds is 4. The van der Waals surface area contributed by atoms with Crippen molar-refractivity contribution in [2.75, 3.05) is 13.6 Å². The van der Waals surface area contributed by atoms with Gasteiger partial charge in [-0.15, -0.1) is 12.4 Å². The van der Waals surface area contributed by atoms with Crippen molar-refractivity contribution in [2.45, 2.75) is 6.42 Å². The molecule has 0 saturated carbocycles. The second kappa shape index (κ2) is 7.48. The molecule has 0 saturated heterocycles. The highest BCUT2D eigenvalue weighted by molar-refractivity contribution is 6.30. The third-order valence-corrected chi connectivity index (χ3v) is 2.66. The molecular formula is C11H15Cl2FN2O. The molecular weight excluding hydrogens is 266 g/mol. The van der Waals surface area contributed by atoms with Gasteiger partial charge in [0.15, 0.2) is 0 Å². The summed E-state index contributed by atoms with van der Waals surface area (Å²) in [5.41, 5.74) is 6.29. The monoisotopic (exact) mass is 280 g/mol. The molecule has 1 aromatic rings. The highest BCUT2D eigenvalue weighted by Crippen LogP contribution is 2.18. The number of amides is 1. The molecule has 3 N–H and O–H groups in total. The van der Waals surface area contributed by atoms with Crippen molar-refractivity contribution in [1.82, 2.24) is 5.32 Å². The zero-order valence-corrected chi connectivity index (χ0v) is 10.9. The van der Waals surface area contributed by atoms with Gasteiger partial charge in [0.1, 0.15) is 5.82 Å². The number of nitrogens with one attached hydrogen (secondary N) is 1. The van der Waals surface area contributed by atoms with E-state index in [0.717, 1.165) is 5.56 Å². The summed E-state index contributed by atoms with van der Waals surface area (Å²) in [6, 6.07) is 4.41. The first-order valence-electron chi connectivity index (χ1n) is 4.94. The maximum atomic E-state index is 12.9. The maximum Gasteiger partial charge on any atom is 0.224 e. The Balaban J connectivity index is 0.00000256. The van der Waals surface area contributed by atoms with E-state index in [0.29, 0.717) is 6.42 Å².